The van der Waals surface area contributed by atoms with Crippen LogP contribution < -0.4 is 11.1 Å². The number of esters is 1. The van der Waals surface area contributed by atoms with E-state index in [-0.39, 0.29) is 0 Å². The minimum atomic E-state index is -0.391. The van der Waals surface area contributed by atoms with Crippen LogP contribution in [0, 0.1) is 6.92 Å². The van der Waals surface area contributed by atoms with Crippen LogP contribution in [-0.2, 0) is 4.74 Å². The van der Waals surface area contributed by atoms with Gasteiger partial charge in [0.2, 0.25) is 0 Å². The average Bonchev–Trinajstić information content (AvgIpc) is 2.44. The Morgan fingerprint density at radius 1 is 1.40 bits per heavy atom. The second-order valence-corrected chi connectivity index (χ2v) is 5.47. The highest BCUT2D eigenvalue weighted by Crippen LogP contribution is 2.25. The third-order valence-corrected chi connectivity index (χ3v) is 3.88. The number of nitrogens with two attached hydrogens (primary N) is 1. The van der Waals surface area contributed by atoms with Crippen LogP contribution in [-0.4, -0.2) is 44.2 Å². The smallest absolute Gasteiger partial charge is 0.340 e. The summed E-state index contributed by atoms with van der Waals surface area (Å²) < 4.78 is 4.78. The van der Waals surface area contributed by atoms with E-state index in [1.54, 1.807) is 6.07 Å². The van der Waals surface area contributed by atoms with Gasteiger partial charge in [-0.25, -0.2) is 4.79 Å². The van der Waals surface area contributed by atoms with Crippen LogP contribution in [0.3, 0.4) is 0 Å². The first-order valence-corrected chi connectivity index (χ1v) is 6.94. The van der Waals surface area contributed by atoms with Gasteiger partial charge < -0.3 is 20.7 Å². The molecular formula is C15H23N3O2. The Kier molecular flexibility index (Phi) is 4.49. The summed E-state index contributed by atoms with van der Waals surface area (Å²) in [5.41, 5.74) is 8.70. The Morgan fingerprint density at radius 3 is 2.65 bits per heavy atom. The summed E-state index contributed by atoms with van der Waals surface area (Å²) in [5.74, 6) is -0.391. The van der Waals surface area contributed by atoms with Gasteiger partial charge in [-0.1, -0.05) is 0 Å². The number of hydrogen-bond acceptors (Lipinski definition) is 5. The Morgan fingerprint density at radius 2 is 2.05 bits per heavy atom. The van der Waals surface area contributed by atoms with Crippen molar-refractivity contribution in [2.24, 2.45) is 0 Å². The lowest BCUT2D eigenvalue weighted by Crippen LogP contribution is -2.36. The van der Waals surface area contributed by atoms with Crippen LogP contribution in [0.1, 0.15) is 28.8 Å². The first-order chi connectivity index (χ1) is 9.51. The fourth-order valence-electron chi connectivity index (χ4n) is 2.55. The van der Waals surface area contributed by atoms with E-state index >= 15 is 0 Å². The van der Waals surface area contributed by atoms with Crippen LogP contribution >= 0.6 is 0 Å². The Labute approximate surface area is 120 Å². The molecule has 20 heavy (non-hydrogen) atoms. The first kappa shape index (κ1) is 14.7. The largest absolute Gasteiger partial charge is 0.465 e. The van der Waals surface area contributed by atoms with Crippen LogP contribution in [0.15, 0.2) is 12.1 Å². The number of benzene rings is 1. The number of carbonyl (C=O) groups is 1. The highest BCUT2D eigenvalue weighted by Gasteiger charge is 2.18. The van der Waals surface area contributed by atoms with E-state index in [2.05, 4.69) is 17.3 Å². The highest BCUT2D eigenvalue weighted by molar-refractivity contribution is 5.97. The van der Waals surface area contributed by atoms with E-state index in [0.717, 1.165) is 37.2 Å². The van der Waals surface area contributed by atoms with Crippen LogP contribution in [0.4, 0.5) is 11.4 Å². The summed E-state index contributed by atoms with van der Waals surface area (Å²) in [7, 11) is 3.51. The summed E-state index contributed by atoms with van der Waals surface area (Å²) in [4.78, 5) is 14.1. The number of methoxy groups -OCH3 is 1. The molecule has 1 saturated heterocycles. The molecule has 1 aliphatic heterocycles. The van der Waals surface area contributed by atoms with Crippen molar-refractivity contribution in [3.8, 4) is 0 Å². The lowest BCUT2D eigenvalue weighted by atomic mass is 10.0. The lowest BCUT2D eigenvalue weighted by molar-refractivity contribution is 0.0602. The average molecular weight is 277 g/mol. The second kappa shape index (κ2) is 6.13. The summed E-state index contributed by atoms with van der Waals surface area (Å²) in [6, 6.07) is 4.21. The van der Waals surface area contributed by atoms with Crippen molar-refractivity contribution >= 4 is 17.3 Å². The monoisotopic (exact) mass is 277 g/mol. The normalized spacial score (nSPS) is 16.9. The topological polar surface area (TPSA) is 67.6 Å². The molecule has 1 fully saturated rings. The number of likely N-dealkylation sites (tertiary alicyclic amines) is 1. The van der Waals surface area contributed by atoms with Crippen molar-refractivity contribution in [3.05, 3.63) is 23.3 Å². The zero-order chi connectivity index (χ0) is 14.7. The van der Waals surface area contributed by atoms with Crippen molar-refractivity contribution < 1.29 is 9.53 Å². The molecule has 0 unspecified atom stereocenters. The third-order valence-electron chi connectivity index (χ3n) is 3.88. The van der Waals surface area contributed by atoms with Gasteiger partial charge in [0.15, 0.2) is 0 Å². The maximum absolute atomic E-state index is 11.7. The summed E-state index contributed by atoms with van der Waals surface area (Å²) in [6.45, 7) is 4.09. The third kappa shape index (κ3) is 3.22. The SMILES string of the molecule is COC(=O)c1cc(NC2CCN(C)CC2)cc(C)c1N. The molecule has 0 atom stereocenters. The summed E-state index contributed by atoms with van der Waals surface area (Å²) in [6.07, 6.45) is 2.21. The van der Waals surface area contributed by atoms with Crippen molar-refractivity contribution in [3.63, 3.8) is 0 Å². The molecule has 110 valence electrons. The number of aryl methyl sites for hydroxylation is 1. The predicted octanol–water partition coefficient (Wildman–Crippen LogP) is 1.87. The molecule has 1 aliphatic rings. The number of nitrogens with zero attached hydrogens (tertiary/aromatic N) is 1. The summed E-state index contributed by atoms with van der Waals surface area (Å²) in [5, 5.41) is 3.50. The highest BCUT2D eigenvalue weighted by atomic mass is 16.5. The number of ether oxygens (including phenoxy) is 1. The fourth-order valence-corrected chi connectivity index (χ4v) is 2.55. The Hall–Kier alpha value is -1.75. The van der Waals surface area contributed by atoms with Gasteiger partial charge in [0, 0.05) is 17.4 Å². The minimum Gasteiger partial charge on any atom is -0.465 e. The standard InChI is InChI=1S/C15H23N3O2/c1-10-8-12(9-13(14(10)16)15(19)20-3)17-11-4-6-18(2)7-5-11/h8-9,11,17H,4-7,16H2,1-3H3. The van der Waals surface area contributed by atoms with Crippen molar-refractivity contribution in [2.75, 3.05) is 38.3 Å². The molecule has 0 aliphatic carbocycles. The fraction of sp³-hybridized carbons (Fsp3) is 0.533. The van der Waals surface area contributed by atoms with Crippen molar-refractivity contribution in [1.82, 2.24) is 4.90 Å². The Bertz CT molecular complexity index is 494. The van der Waals surface area contributed by atoms with E-state index in [1.807, 2.05) is 13.0 Å². The van der Waals surface area contributed by atoms with Gasteiger partial charge >= 0.3 is 5.97 Å². The van der Waals surface area contributed by atoms with Crippen LogP contribution in [0.2, 0.25) is 0 Å². The molecule has 0 bridgehead atoms. The van der Waals surface area contributed by atoms with Gasteiger partial charge in [0.1, 0.15) is 0 Å². The number of rotatable bonds is 3. The van der Waals surface area contributed by atoms with E-state index < -0.39 is 5.97 Å². The summed E-state index contributed by atoms with van der Waals surface area (Å²) >= 11 is 0. The number of hydrogen-bond donors (Lipinski definition) is 2. The predicted molar refractivity (Wildman–Crippen MR) is 81.1 cm³/mol. The number of carbonyl (C=O) groups excluding carboxylic acids is 1. The molecular weight excluding hydrogens is 254 g/mol. The van der Waals surface area contributed by atoms with Crippen molar-refractivity contribution in [1.29, 1.82) is 0 Å². The second-order valence-electron chi connectivity index (χ2n) is 5.47. The number of nitrogen functional groups attached to an aromatic ring is 1. The van der Waals surface area contributed by atoms with E-state index in [1.165, 1.54) is 7.11 Å². The van der Waals surface area contributed by atoms with Crippen molar-refractivity contribution in [2.45, 2.75) is 25.8 Å². The van der Waals surface area contributed by atoms with E-state index in [4.69, 9.17) is 10.5 Å². The zero-order valence-corrected chi connectivity index (χ0v) is 12.4. The van der Waals surface area contributed by atoms with Gasteiger partial charge in [-0.05, 0) is 57.6 Å². The minimum absolute atomic E-state index is 0.391. The molecule has 0 amide bonds. The van der Waals surface area contributed by atoms with Gasteiger partial charge in [0.25, 0.3) is 0 Å². The van der Waals surface area contributed by atoms with Gasteiger partial charge in [-0.3, -0.25) is 0 Å². The quantitative estimate of drug-likeness (QED) is 0.652. The molecule has 0 saturated carbocycles. The molecule has 1 aromatic carbocycles. The zero-order valence-electron chi connectivity index (χ0n) is 12.4. The molecule has 0 aromatic heterocycles. The molecule has 2 rings (SSSR count). The van der Waals surface area contributed by atoms with Gasteiger partial charge in [0.05, 0.1) is 12.7 Å². The molecule has 0 radical (unpaired) electrons. The van der Waals surface area contributed by atoms with E-state index in [0.29, 0.717) is 17.3 Å². The molecule has 5 heteroatoms. The number of piperidine rings is 1. The maximum atomic E-state index is 11.7. The molecule has 1 heterocycles. The van der Waals surface area contributed by atoms with Gasteiger partial charge in [-0.15, -0.1) is 0 Å². The van der Waals surface area contributed by atoms with Gasteiger partial charge in [-0.2, -0.15) is 0 Å². The first-order valence-electron chi connectivity index (χ1n) is 6.94. The molecule has 0 spiro atoms. The maximum Gasteiger partial charge on any atom is 0.340 e. The number of anilines is 2. The molecule has 5 nitrogen and oxygen atoms in total. The van der Waals surface area contributed by atoms with Crippen LogP contribution in [0.5, 0.6) is 0 Å². The molecule has 3 N–H and O–H groups in total. The number of nitrogens with one attached hydrogen (secondary N) is 1. The van der Waals surface area contributed by atoms with Crippen LogP contribution in [0.25, 0.3) is 0 Å². The Balaban J connectivity index is 2.16. The lowest BCUT2D eigenvalue weighted by Gasteiger charge is -2.30. The van der Waals surface area contributed by atoms with E-state index in [9.17, 15) is 4.79 Å². The molecule has 1 aromatic rings.